The van der Waals surface area contributed by atoms with Gasteiger partial charge in [-0.05, 0) is 53.4 Å². The van der Waals surface area contributed by atoms with Crippen LogP contribution in [0.1, 0.15) is 35.0 Å². The summed E-state index contributed by atoms with van der Waals surface area (Å²) in [6.07, 6.45) is 6.40. The zero-order chi connectivity index (χ0) is 15.7. The lowest BCUT2D eigenvalue weighted by Gasteiger charge is -2.33. The molecule has 0 aromatic carbocycles. The molecule has 22 heavy (non-hydrogen) atoms. The Kier molecular flexibility index (Phi) is 4.49. The second-order valence-electron chi connectivity index (χ2n) is 5.45. The van der Waals surface area contributed by atoms with E-state index in [1.165, 1.54) is 17.3 Å². The normalized spacial score (nSPS) is 17.1. The number of thiophene rings is 1. The maximum Gasteiger partial charge on any atom is 0.246 e. The van der Waals surface area contributed by atoms with Gasteiger partial charge in [-0.3, -0.25) is 9.48 Å². The molecule has 1 unspecified atom stereocenters. The third-order valence-electron chi connectivity index (χ3n) is 4.13. The highest BCUT2D eigenvalue weighted by Crippen LogP contribution is 2.36. The van der Waals surface area contributed by atoms with E-state index in [1.807, 2.05) is 28.9 Å². The number of carbonyl (C=O) groups is 1. The van der Waals surface area contributed by atoms with Gasteiger partial charge in [0.25, 0.3) is 0 Å². The molecule has 0 fully saturated rings. The number of amides is 1. The van der Waals surface area contributed by atoms with Crippen LogP contribution in [-0.4, -0.2) is 20.6 Å². The van der Waals surface area contributed by atoms with Gasteiger partial charge in [-0.2, -0.15) is 5.10 Å². The Hall–Kier alpha value is -1.40. The van der Waals surface area contributed by atoms with Crippen molar-refractivity contribution in [3.63, 3.8) is 0 Å². The van der Waals surface area contributed by atoms with E-state index >= 15 is 0 Å². The lowest BCUT2D eigenvalue weighted by Crippen LogP contribution is -2.34. The van der Waals surface area contributed by atoms with Crippen LogP contribution in [0.4, 0.5) is 0 Å². The van der Waals surface area contributed by atoms with Crippen molar-refractivity contribution in [3.05, 3.63) is 50.9 Å². The minimum Gasteiger partial charge on any atom is -0.327 e. The maximum atomic E-state index is 12.4. The van der Waals surface area contributed by atoms with E-state index in [2.05, 4.69) is 33.7 Å². The van der Waals surface area contributed by atoms with Gasteiger partial charge in [0.1, 0.15) is 0 Å². The predicted molar refractivity (Wildman–Crippen MR) is 91.7 cm³/mol. The Morgan fingerprint density at radius 3 is 3.14 bits per heavy atom. The number of rotatable bonds is 4. The highest BCUT2D eigenvalue weighted by molar-refractivity contribution is 9.11. The summed E-state index contributed by atoms with van der Waals surface area (Å²) in [5, 5.41) is 4.38. The molecule has 0 saturated heterocycles. The molecule has 1 amide bonds. The highest BCUT2D eigenvalue weighted by atomic mass is 79.9. The summed E-state index contributed by atoms with van der Waals surface area (Å²) in [7, 11) is 1.97. The Balaban J connectivity index is 1.93. The van der Waals surface area contributed by atoms with Gasteiger partial charge in [0.05, 0.1) is 22.6 Å². The van der Waals surface area contributed by atoms with E-state index in [4.69, 9.17) is 0 Å². The minimum absolute atomic E-state index is 0.0220. The van der Waals surface area contributed by atoms with Crippen molar-refractivity contribution in [2.24, 2.45) is 7.05 Å². The Labute approximate surface area is 142 Å². The van der Waals surface area contributed by atoms with Crippen LogP contribution in [0.15, 0.2) is 34.8 Å². The molecular weight excluding hydrogens is 362 g/mol. The average molecular weight is 380 g/mol. The van der Waals surface area contributed by atoms with Gasteiger partial charge in [0, 0.05) is 23.2 Å². The third-order valence-corrected chi connectivity index (χ3v) is 5.74. The van der Waals surface area contributed by atoms with Crippen LogP contribution in [-0.2, 0) is 24.8 Å². The van der Waals surface area contributed by atoms with Crippen LogP contribution in [0.5, 0.6) is 0 Å². The van der Waals surface area contributed by atoms with E-state index in [0.717, 1.165) is 27.9 Å². The van der Waals surface area contributed by atoms with Crippen LogP contribution in [0.25, 0.3) is 0 Å². The first-order valence-corrected chi connectivity index (χ1v) is 8.89. The quantitative estimate of drug-likeness (QED) is 0.756. The summed E-state index contributed by atoms with van der Waals surface area (Å²) in [5.74, 6) is -0.0220. The SMILES string of the molecule is C=CC(=O)N(Cc1ccc(Br)s1)C1CCCc2c1cnn2C. The number of aryl methyl sites for hydroxylation is 1. The fraction of sp³-hybridized carbons (Fsp3) is 0.375. The molecule has 2 aromatic rings. The van der Waals surface area contributed by atoms with Gasteiger partial charge in [0.2, 0.25) is 5.91 Å². The number of carbonyl (C=O) groups excluding carboxylic acids is 1. The first kappa shape index (κ1) is 15.5. The Morgan fingerprint density at radius 2 is 2.45 bits per heavy atom. The molecule has 0 radical (unpaired) electrons. The monoisotopic (exact) mass is 379 g/mol. The first-order chi connectivity index (χ1) is 10.6. The number of nitrogens with zero attached hydrogens (tertiary/aromatic N) is 3. The van der Waals surface area contributed by atoms with Gasteiger partial charge < -0.3 is 4.90 Å². The standard InChI is InChI=1S/C16H18BrN3OS/c1-3-16(21)20(10-11-7-8-15(17)22-11)14-6-4-5-13-12(14)9-18-19(13)2/h3,7-9,14H,1,4-6,10H2,2H3. The van der Waals surface area contributed by atoms with Crippen molar-refractivity contribution < 1.29 is 4.79 Å². The predicted octanol–water partition coefficient (Wildman–Crippen LogP) is 3.84. The zero-order valence-electron chi connectivity index (χ0n) is 12.5. The molecule has 2 heterocycles. The summed E-state index contributed by atoms with van der Waals surface area (Å²) >= 11 is 5.15. The molecule has 116 valence electrons. The van der Waals surface area contributed by atoms with Crippen LogP contribution < -0.4 is 0 Å². The third kappa shape index (κ3) is 2.90. The smallest absolute Gasteiger partial charge is 0.246 e. The molecule has 0 bridgehead atoms. The topological polar surface area (TPSA) is 38.1 Å². The zero-order valence-corrected chi connectivity index (χ0v) is 14.9. The van der Waals surface area contributed by atoms with Crippen LogP contribution >= 0.6 is 27.3 Å². The summed E-state index contributed by atoms with van der Waals surface area (Å²) in [4.78, 5) is 15.5. The summed E-state index contributed by atoms with van der Waals surface area (Å²) in [6.45, 7) is 4.28. The largest absolute Gasteiger partial charge is 0.327 e. The summed E-state index contributed by atoms with van der Waals surface area (Å²) in [6, 6.07) is 4.17. The highest BCUT2D eigenvalue weighted by Gasteiger charge is 2.30. The van der Waals surface area contributed by atoms with E-state index in [1.54, 1.807) is 11.3 Å². The van der Waals surface area contributed by atoms with Crippen molar-refractivity contribution in [2.45, 2.75) is 31.8 Å². The first-order valence-electron chi connectivity index (χ1n) is 7.28. The molecule has 0 saturated carbocycles. The van der Waals surface area contributed by atoms with Gasteiger partial charge in [-0.25, -0.2) is 0 Å². The number of fused-ring (bicyclic) bond motifs is 1. The Morgan fingerprint density at radius 1 is 1.64 bits per heavy atom. The van der Waals surface area contributed by atoms with Crippen LogP contribution in [0.3, 0.4) is 0 Å². The van der Waals surface area contributed by atoms with E-state index < -0.39 is 0 Å². The van der Waals surface area contributed by atoms with Crippen molar-refractivity contribution >= 4 is 33.2 Å². The van der Waals surface area contributed by atoms with Crippen LogP contribution in [0, 0.1) is 0 Å². The maximum absolute atomic E-state index is 12.4. The van der Waals surface area contributed by atoms with Crippen LogP contribution in [0.2, 0.25) is 0 Å². The molecule has 6 heteroatoms. The number of halogens is 1. The molecular formula is C16H18BrN3OS. The molecule has 1 aliphatic carbocycles. The minimum atomic E-state index is -0.0220. The molecule has 0 spiro atoms. The molecule has 0 aliphatic heterocycles. The van der Waals surface area contributed by atoms with E-state index in [9.17, 15) is 4.79 Å². The van der Waals surface area contributed by atoms with Gasteiger partial charge in [-0.1, -0.05) is 6.58 Å². The second-order valence-corrected chi connectivity index (χ2v) is 8.00. The van der Waals surface area contributed by atoms with Gasteiger partial charge >= 0.3 is 0 Å². The number of hydrogen-bond acceptors (Lipinski definition) is 3. The molecule has 3 rings (SSSR count). The number of hydrogen-bond donors (Lipinski definition) is 0. The van der Waals surface area contributed by atoms with E-state index in [0.29, 0.717) is 6.54 Å². The van der Waals surface area contributed by atoms with Crippen molar-refractivity contribution in [1.29, 1.82) is 0 Å². The fourth-order valence-electron chi connectivity index (χ4n) is 3.07. The lowest BCUT2D eigenvalue weighted by atomic mass is 9.91. The summed E-state index contributed by atoms with van der Waals surface area (Å²) < 4.78 is 3.01. The van der Waals surface area contributed by atoms with Gasteiger partial charge in [0.15, 0.2) is 0 Å². The number of aromatic nitrogens is 2. The van der Waals surface area contributed by atoms with Crippen molar-refractivity contribution in [3.8, 4) is 0 Å². The molecule has 0 N–H and O–H groups in total. The van der Waals surface area contributed by atoms with Crippen molar-refractivity contribution in [2.75, 3.05) is 0 Å². The second kappa shape index (κ2) is 6.38. The molecule has 1 aliphatic rings. The average Bonchev–Trinajstić information content (AvgIpc) is 3.10. The lowest BCUT2D eigenvalue weighted by molar-refractivity contribution is -0.129. The van der Waals surface area contributed by atoms with E-state index in [-0.39, 0.29) is 11.9 Å². The fourth-order valence-corrected chi connectivity index (χ4v) is 4.55. The molecule has 4 nitrogen and oxygen atoms in total. The molecule has 2 aromatic heterocycles. The molecule has 1 atom stereocenters. The Bertz CT molecular complexity index is 706. The summed E-state index contributed by atoms with van der Waals surface area (Å²) in [5.41, 5.74) is 2.42. The van der Waals surface area contributed by atoms with Crippen molar-refractivity contribution in [1.82, 2.24) is 14.7 Å². The van der Waals surface area contributed by atoms with Gasteiger partial charge in [-0.15, -0.1) is 11.3 Å².